The van der Waals surface area contributed by atoms with E-state index in [9.17, 15) is 4.79 Å². The van der Waals surface area contributed by atoms with Crippen molar-refractivity contribution in [3.05, 3.63) is 58.1 Å². The van der Waals surface area contributed by atoms with Crippen LogP contribution in [0.15, 0.2) is 41.5 Å². The van der Waals surface area contributed by atoms with Gasteiger partial charge in [-0.2, -0.15) is 0 Å². The van der Waals surface area contributed by atoms with Crippen molar-refractivity contribution in [1.29, 1.82) is 0 Å². The molecule has 0 aliphatic carbocycles. The molecule has 0 spiro atoms. The molecule has 2 aromatic rings. The molecule has 22 heavy (non-hydrogen) atoms. The first-order chi connectivity index (χ1) is 10.6. The van der Waals surface area contributed by atoms with E-state index in [1.807, 2.05) is 24.3 Å². The SMILES string of the molecule is CC(C)Cn1ccnc(NCCc2ccc(CO)cc2)c1=O. The highest BCUT2D eigenvalue weighted by molar-refractivity contribution is 5.31. The highest BCUT2D eigenvalue weighted by atomic mass is 16.3. The number of hydrogen-bond acceptors (Lipinski definition) is 4. The van der Waals surface area contributed by atoms with E-state index in [2.05, 4.69) is 24.1 Å². The Kier molecular flexibility index (Phi) is 5.72. The van der Waals surface area contributed by atoms with Crippen LogP contribution in [0.3, 0.4) is 0 Å². The molecule has 2 N–H and O–H groups in total. The molecular formula is C17H23N3O2. The Morgan fingerprint density at radius 3 is 2.55 bits per heavy atom. The summed E-state index contributed by atoms with van der Waals surface area (Å²) in [4.78, 5) is 16.4. The lowest BCUT2D eigenvalue weighted by molar-refractivity contribution is 0.282. The van der Waals surface area contributed by atoms with Crippen LogP contribution >= 0.6 is 0 Å². The van der Waals surface area contributed by atoms with Crippen molar-refractivity contribution in [2.24, 2.45) is 5.92 Å². The maximum absolute atomic E-state index is 12.2. The molecule has 0 bridgehead atoms. The van der Waals surface area contributed by atoms with Gasteiger partial charge in [-0.15, -0.1) is 0 Å². The van der Waals surface area contributed by atoms with Crippen LogP contribution in [0.4, 0.5) is 5.82 Å². The quantitative estimate of drug-likeness (QED) is 0.821. The second-order valence-corrected chi connectivity index (χ2v) is 5.78. The lowest BCUT2D eigenvalue weighted by atomic mass is 10.1. The second kappa shape index (κ2) is 7.75. The average molecular weight is 301 g/mol. The summed E-state index contributed by atoms with van der Waals surface area (Å²) in [6.45, 7) is 5.55. The molecule has 0 saturated heterocycles. The molecule has 0 fully saturated rings. The van der Waals surface area contributed by atoms with Crippen LogP contribution in [0.2, 0.25) is 0 Å². The predicted molar refractivity (Wildman–Crippen MR) is 87.9 cm³/mol. The minimum atomic E-state index is -0.0770. The van der Waals surface area contributed by atoms with Crippen LogP contribution in [0, 0.1) is 5.92 Å². The molecule has 1 heterocycles. The van der Waals surface area contributed by atoms with Crippen molar-refractivity contribution in [3.63, 3.8) is 0 Å². The Bertz CT molecular complexity index is 648. The summed E-state index contributed by atoms with van der Waals surface area (Å²) in [5, 5.41) is 12.1. The summed E-state index contributed by atoms with van der Waals surface area (Å²) in [5.41, 5.74) is 1.98. The summed E-state index contributed by atoms with van der Waals surface area (Å²) in [6, 6.07) is 7.79. The minimum absolute atomic E-state index is 0.0574. The highest BCUT2D eigenvalue weighted by Crippen LogP contribution is 2.05. The fraction of sp³-hybridized carbons (Fsp3) is 0.412. The normalized spacial score (nSPS) is 10.9. The summed E-state index contributed by atoms with van der Waals surface area (Å²) < 4.78 is 1.69. The van der Waals surface area contributed by atoms with Crippen molar-refractivity contribution in [3.8, 4) is 0 Å². The molecule has 0 saturated carbocycles. The van der Waals surface area contributed by atoms with Gasteiger partial charge < -0.3 is 15.0 Å². The maximum Gasteiger partial charge on any atom is 0.293 e. The molecule has 118 valence electrons. The van der Waals surface area contributed by atoms with Gasteiger partial charge in [-0.25, -0.2) is 4.98 Å². The summed E-state index contributed by atoms with van der Waals surface area (Å²) in [7, 11) is 0. The first-order valence-corrected chi connectivity index (χ1v) is 7.58. The van der Waals surface area contributed by atoms with Gasteiger partial charge >= 0.3 is 0 Å². The first-order valence-electron chi connectivity index (χ1n) is 7.58. The van der Waals surface area contributed by atoms with E-state index in [0.29, 0.717) is 24.8 Å². The van der Waals surface area contributed by atoms with Gasteiger partial charge in [-0.1, -0.05) is 38.1 Å². The van der Waals surface area contributed by atoms with Gasteiger partial charge in [-0.3, -0.25) is 4.79 Å². The largest absolute Gasteiger partial charge is 0.392 e. The third-order valence-corrected chi connectivity index (χ3v) is 3.39. The molecule has 0 aliphatic rings. The van der Waals surface area contributed by atoms with Gasteiger partial charge in [0.15, 0.2) is 5.82 Å². The number of aromatic nitrogens is 2. The van der Waals surface area contributed by atoms with E-state index in [-0.39, 0.29) is 12.2 Å². The Balaban J connectivity index is 1.95. The average Bonchev–Trinajstić information content (AvgIpc) is 2.51. The molecule has 5 nitrogen and oxygen atoms in total. The zero-order valence-electron chi connectivity index (χ0n) is 13.1. The van der Waals surface area contributed by atoms with Crippen molar-refractivity contribution in [1.82, 2.24) is 9.55 Å². The number of rotatable bonds is 7. The number of nitrogens with zero attached hydrogens (tertiary/aromatic N) is 2. The number of hydrogen-bond donors (Lipinski definition) is 2. The van der Waals surface area contributed by atoms with Crippen LogP contribution in [0.5, 0.6) is 0 Å². The third kappa shape index (κ3) is 4.43. The van der Waals surface area contributed by atoms with E-state index in [4.69, 9.17) is 5.11 Å². The zero-order valence-corrected chi connectivity index (χ0v) is 13.1. The van der Waals surface area contributed by atoms with Crippen LogP contribution in [-0.4, -0.2) is 21.2 Å². The van der Waals surface area contributed by atoms with Crippen molar-refractivity contribution in [2.75, 3.05) is 11.9 Å². The zero-order chi connectivity index (χ0) is 15.9. The molecule has 2 rings (SSSR count). The molecule has 0 atom stereocenters. The lowest BCUT2D eigenvalue weighted by Gasteiger charge is -2.11. The van der Waals surface area contributed by atoms with Crippen molar-refractivity contribution < 1.29 is 5.11 Å². The fourth-order valence-electron chi connectivity index (χ4n) is 2.24. The molecule has 0 aliphatic heterocycles. The van der Waals surface area contributed by atoms with Gasteiger partial charge in [0, 0.05) is 25.5 Å². The summed E-state index contributed by atoms with van der Waals surface area (Å²) in [5.74, 6) is 0.813. The number of aliphatic hydroxyl groups excluding tert-OH is 1. The Hall–Kier alpha value is -2.14. The third-order valence-electron chi connectivity index (χ3n) is 3.39. The Morgan fingerprint density at radius 2 is 1.91 bits per heavy atom. The standard InChI is InChI=1S/C17H23N3O2/c1-13(2)11-20-10-9-19-16(17(20)22)18-8-7-14-3-5-15(12-21)6-4-14/h3-6,9-10,13,21H,7-8,11-12H2,1-2H3,(H,18,19). The predicted octanol–water partition coefficient (Wildman–Crippen LogP) is 2.05. The monoisotopic (exact) mass is 301 g/mol. The highest BCUT2D eigenvalue weighted by Gasteiger charge is 2.05. The molecule has 1 aromatic heterocycles. The fourth-order valence-corrected chi connectivity index (χ4v) is 2.24. The van der Waals surface area contributed by atoms with Gasteiger partial charge in [-0.05, 0) is 23.5 Å². The number of benzene rings is 1. The first kappa shape index (κ1) is 16.2. The topological polar surface area (TPSA) is 67.2 Å². The lowest BCUT2D eigenvalue weighted by Crippen LogP contribution is -2.26. The maximum atomic E-state index is 12.2. The molecular weight excluding hydrogens is 278 g/mol. The molecule has 0 radical (unpaired) electrons. The Morgan fingerprint density at radius 1 is 1.23 bits per heavy atom. The van der Waals surface area contributed by atoms with Crippen molar-refractivity contribution in [2.45, 2.75) is 33.4 Å². The van der Waals surface area contributed by atoms with E-state index >= 15 is 0 Å². The van der Waals surface area contributed by atoms with Gasteiger partial charge in [0.05, 0.1) is 6.61 Å². The van der Waals surface area contributed by atoms with E-state index in [1.54, 1.807) is 17.0 Å². The number of aliphatic hydroxyl groups is 1. The molecule has 0 amide bonds. The van der Waals surface area contributed by atoms with Crippen LogP contribution in [-0.2, 0) is 19.6 Å². The van der Waals surface area contributed by atoms with Crippen LogP contribution in [0.1, 0.15) is 25.0 Å². The minimum Gasteiger partial charge on any atom is -0.392 e. The number of nitrogens with one attached hydrogen (secondary N) is 1. The number of anilines is 1. The Labute approximate surface area is 130 Å². The molecule has 5 heteroatoms. The second-order valence-electron chi connectivity index (χ2n) is 5.78. The van der Waals surface area contributed by atoms with Gasteiger partial charge in [0.25, 0.3) is 5.56 Å². The van der Waals surface area contributed by atoms with Gasteiger partial charge in [0.2, 0.25) is 0 Å². The summed E-state index contributed by atoms with van der Waals surface area (Å²) >= 11 is 0. The van der Waals surface area contributed by atoms with E-state index in [1.165, 1.54) is 0 Å². The molecule has 0 unspecified atom stereocenters. The van der Waals surface area contributed by atoms with E-state index in [0.717, 1.165) is 17.5 Å². The van der Waals surface area contributed by atoms with Crippen LogP contribution < -0.4 is 10.9 Å². The van der Waals surface area contributed by atoms with E-state index < -0.39 is 0 Å². The molecule has 1 aromatic carbocycles. The van der Waals surface area contributed by atoms with Gasteiger partial charge in [0.1, 0.15) is 0 Å². The summed E-state index contributed by atoms with van der Waals surface area (Å²) in [6.07, 6.45) is 4.18. The van der Waals surface area contributed by atoms with Crippen LogP contribution in [0.25, 0.3) is 0 Å². The van der Waals surface area contributed by atoms with Crippen molar-refractivity contribution >= 4 is 5.82 Å². The smallest absolute Gasteiger partial charge is 0.293 e.